The number of hydrogen-bond acceptors (Lipinski definition) is 7. The Hall–Kier alpha value is -2.40. The third-order valence-corrected chi connectivity index (χ3v) is 9.31. The number of amides is 2. The number of aliphatic carboxylic acids is 1. The SMILES string of the molecule is CC(=O)C[C@H](C)[C@H]1C(=O)N2C(C(=O)O)=C(S[C@@H]3CN[C@H](C(=O)N4CC[C@H](CC(=N)N)C4)C3)[C@H](C)C12. The molecule has 0 spiro atoms. The lowest BCUT2D eigenvalue weighted by molar-refractivity contribution is -0.160. The van der Waals surface area contributed by atoms with Gasteiger partial charge in [-0.2, -0.15) is 0 Å². The first-order valence-corrected chi connectivity index (χ1v) is 13.2. The maximum absolute atomic E-state index is 13.0. The van der Waals surface area contributed by atoms with Crippen LogP contribution >= 0.6 is 11.8 Å². The lowest BCUT2D eigenvalue weighted by Crippen LogP contribution is -2.62. The van der Waals surface area contributed by atoms with Crippen LogP contribution in [0.5, 0.6) is 0 Å². The van der Waals surface area contributed by atoms with E-state index in [0.717, 1.165) is 6.42 Å². The normalized spacial score (nSPS) is 33.1. The van der Waals surface area contributed by atoms with Gasteiger partial charge in [0, 0.05) is 48.5 Å². The molecule has 0 aromatic rings. The molecule has 4 heterocycles. The van der Waals surface area contributed by atoms with Gasteiger partial charge in [-0.15, -0.1) is 11.8 Å². The number of hydrogen-bond donors (Lipinski definition) is 4. The number of carbonyl (C=O) groups excluding carboxylic acids is 3. The third-order valence-electron chi connectivity index (χ3n) is 7.80. The summed E-state index contributed by atoms with van der Waals surface area (Å²) in [6.45, 7) is 7.21. The van der Waals surface area contributed by atoms with Gasteiger partial charge in [-0.1, -0.05) is 13.8 Å². The summed E-state index contributed by atoms with van der Waals surface area (Å²) >= 11 is 1.47. The minimum atomic E-state index is -1.11. The second kappa shape index (κ2) is 9.93. The molecular formula is C24H35N5O5S. The van der Waals surface area contributed by atoms with Crippen molar-refractivity contribution in [3.8, 4) is 0 Å². The van der Waals surface area contributed by atoms with Crippen molar-refractivity contribution in [1.29, 1.82) is 5.41 Å². The fraction of sp³-hybridized carbons (Fsp3) is 0.708. The number of thioether (sulfide) groups is 1. The molecule has 0 aliphatic carbocycles. The number of β-lactam (4-membered cyclic amide) rings is 1. The van der Waals surface area contributed by atoms with Crippen molar-refractivity contribution < 1.29 is 24.3 Å². The van der Waals surface area contributed by atoms with Crippen molar-refractivity contribution in [3.05, 3.63) is 10.6 Å². The molecule has 3 saturated heterocycles. The van der Waals surface area contributed by atoms with Crippen molar-refractivity contribution in [1.82, 2.24) is 15.1 Å². The van der Waals surface area contributed by atoms with Crippen molar-refractivity contribution in [3.63, 3.8) is 0 Å². The molecule has 35 heavy (non-hydrogen) atoms. The van der Waals surface area contributed by atoms with E-state index in [1.54, 1.807) is 0 Å². The van der Waals surface area contributed by atoms with Gasteiger partial charge in [-0.05, 0) is 31.6 Å². The van der Waals surface area contributed by atoms with Gasteiger partial charge < -0.3 is 30.8 Å². The Bertz CT molecular complexity index is 983. The first-order valence-electron chi connectivity index (χ1n) is 12.3. The summed E-state index contributed by atoms with van der Waals surface area (Å²) in [6.07, 6.45) is 2.24. The highest BCUT2D eigenvalue weighted by atomic mass is 32.2. The molecule has 0 saturated carbocycles. The Balaban J connectivity index is 1.41. The molecule has 4 rings (SSSR count). The van der Waals surface area contributed by atoms with Crippen LogP contribution < -0.4 is 11.1 Å². The zero-order valence-electron chi connectivity index (χ0n) is 20.5. The second-order valence-electron chi connectivity index (χ2n) is 10.5. The van der Waals surface area contributed by atoms with Crippen LogP contribution in [0.3, 0.4) is 0 Å². The molecule has 5 N–H and O–H groups in total. The smallest absolute Gasteiger partial charge is 0.353 e. The van der Waals surface area contributed by atoms with Crippen LogP contribution in [-0.4, -0.2) is 81.3 Å². The highest BCUT2D eigenvalue weighted by Crippen LogP contribution is 2.53. The Morgan fingerprint density at radius 1 is 1.34 bits per heavy atom. The molecule has 2 amide bonds. The van der Waals surface area contributed by atoms with E-state index in [2.05, 4.69) is 5.32 Å². The number of Topliss-reactive ketones (excluding diaryl/α,β-unsaturated/α-hetero) is 1. The van der Waals surface area contributed by atoms with Gasteiger partial charge in [-0.25, -0.2) is 4.79 Å². The molecule has 4 aliphatic rings. The molecule has 3 fully saturated rings. The zero-order chi connectivity index (χ0) is 25.6. The number of fused-ring (bicyclic) bond motifs is 1. The van der Waals surface area contributed by atoms with Gasteiger partial charge in [0.25, 0.3) is 0 Å². The molecule has 0 aromatic heterocycles. The van der Waals surface area contributed by atoms with E-state index < -0.39 is 5.97 Å². The van der Waals surface area contributed by atoms with Crippen LogP contribution in [0.4, 0.5) is 0 Å². The summed E-state index contributed by atoms with van der Waals surface area (Å²) in [5.41, 5.74) is 5.57. The summed E-state index contributed by atoms with van der Waals surface area (Å²) in [4.78, 5) is 53.7. The third kappa shape index (κ3) is 4.84. The van der Waals surface area contributed by atoms with E-state index in [-0.39, 0.29) is 70.1 Å². The summed E-state index contributed by atoms with van der Waals surface area (Å²) < 4.78 is 0. The van der Waals surface area contributed by atoms with E-state index in [0.29, 0.717) is 43.8 Å². The van der Waals surface area contributed by atoms with Gasteiger partial charge in [0.1, 0.15) is 11.5 Å². The van der Waals surface area contributed by atoms with Gasteiger partial charge in [0.15, 0.2) is 0 Å². The first-order chi connectivity index (χ1) is 16.5. The topological polar surface area (TPSA) is 157 Å². The van der Waals surface area contributed by atoms with Crippen molar-refractivity contribution in [2.24, 2.45) is 29.4 Å². The first kappa shape index (κ1) is 25.7. The molecule has 0 radical (unpaired) electrons. The maximum atomic E-state index is 13.0. The van der Waals surface area contributed by atoms with Gasteiger partial charge >= 0.3 is 5.97 Å². The number of nitrogens with one attached hydrogen (secondary N) is 2. The van der Waals surface area contributed by atoms with Crippen LogP contribution in [-0.2, 0) is 19.2 Å². The zero-order valence-corrected chi connectivity index (χ0v) is 21.3. The fourth-order valence-electron chi connectivity index (χ4n) is 6.24. The van der Waals surface area contributed by atoms with Crippen molar-refractivity contribution in [2.45, 2.75) is 63.8 Å². The van der Waals surface area contributed by atoms with Gasteiger partial charge in [-0.3, -0.25) is 15.0 Å². The second-order valence-corrected chi connectivity index (χ2v) is 11.9. The van der Waals surface area contributed by atoms with Crippen LogP contribution in [0, 0.1) is 29.1 Å². The molecule has 1 unspecified atom stereocenters. The maximum Gasteiger partial charge on any atom is 0.353 e. The minimum absolute atomic E-state index is 0.0215. The summed E-state index contributed by atoms with van der Waals surface area (Å²) in [7, 11) is 0. The lowest BCUT2D eigenvalue weighted by Gasteiger charge is -2.47. The number of carbonyl (C=O) groups is 4. The van der Waals surface area contributed by atoms with Crippen molar-refractivity contribution in [2.75, 3.05) is 19.6 Å². The number of nitrogens with two attached hydrogens (primary N) is 1. The monoisotopic (exact) mass is 505 g/mol. The highest BCUT2D eigenvalue weighted by molar-refractivity contribution is 8.03. The van der Waals surface area contributed by atoms with E-state index in [9.17, 15) is 24.3 Å². The van der Waals surface area contributed by atoms with Gasteiger partial charge in [0.05, 0.1) is 23.8 Å². The standard InChI is InChI=1S/C24H35N5O5S/c1-11(6-12(2)30)18-19-13(3)21(20(24(33)34)29(19)23(18)32)35-15-8-16(27-9-15)22(31)28-5-4-14(10-28)7-17(25)26/h11,13-16,18-19,27H,4-10H2,1-3H3,(H3,25,26)(H,33,34)/t11-,13+,14+,15-,16-,18+,19?/m0/s1. The Morgan fingerprint density at radius 3 is 2.69 bits per heavy atom. The number of carboxylic acid groups (broad SMARTS) is 1. The van der Waals surface area contributed by atoms with E-state index in [4.69, 9.17) is 11.1 Å². The van der Waals surface area contributed by atoms with E-state index >= 15 is 0 Å². The Morgan fingerprint density at radius 2 is 2.06 bits per heavy atom. The molecule has 4 aliphatic heterocycles. The number of carboxylic acids is 1. The van der Waals surface area contributed by atoms with Crippen LogP contribution in [0.25, 0.3) is 0 Å². The molecule has 7 atom stereocenters. The summed E-state index contributed by atoms with van der Waals surface area (Å²) in [5.74, 6) is -1.50. The van der Waals surface area contributed by atoms with Crippen LogP contribution in [0.1, 0.15) is 46.5 Å². The number of amidine groups is 1. The number of likely N-dealkylation sites (tertiary alicyclic amines) is 1. The molecule has 0 bridgehead atoms. The lowest BCUT2D eigenvalue weighted by atomic mass is 9.73. The summed E-state index contributed by atoms with van der Waals surface area (Å²) in [5, 5.41) is 20.7. The minimum Gasteiger partial charge on any atom is -0.477 e. The highest BCUT2D eigenvalue weighted by Gasteiger charge is 2.60. The largest absolute Gasteiger partial charge is 0.477 e. The average molecular weight is 506 g/mol. The average Bonchev–Trinajstić information content (AvgIpc) is 3.46. The molecule has 0 aromatic carbocycles. The number of ketones is 1. The quantitative estimate of drug-likeness (QED) is 0.205. The predicted molar refractivity (Wildman–Crippen MR) is 131 cm³/mol. The molecular weight excluding hydrogens is 470 g/mol. The Kier molecular flexibility index (Phi) is 7.28. The molecule has 10 nitrogen and oxygen atoms in total. The van der Waals surface area contributed by atoms with Crippen LogP contribution in [0.2, 0.25) is 0 Å². The van der Waals surface area contributed by atoms with Gasteiger partial charge in [0.2, 0.25) is 11.8 Å². The number of rotatable bonds is 9. The fourth-order valence-corrected chi connectivity index (χ4v) is 7.72. The molecule has 192 valence electrons. The number of nitrogens with zero attached hydrogens (tertiary/aromatic N) is 2. The van der Waals surface area contributed by atoms with Crippen molar-refractivity contribution >= 4 is 41.2 Å². The van der Waals surface area contributed by atoms with E-state index in [1.165, 1.54) is 23.6 Å². The molecule has 11 heteroatoms. The van der Waals surface area contributed by atoms with Crippen LogP contribution in [0.15, 0.2) is 10.6 Å². The predicted octanol–water partition coefficient (Wildman–Crippen LogP) is 1.01. The Labute approximate surface area is 209 Å². The summed E-state index contributed by atoms with van der Waals surface area (Å²) in [6, 6.07) is -0.559. The van der Waals surface area contributed by atoms with E-state index in [1.807, 2.05) is 18.7 Å².